The second-order valence-electron chi connectivity index (χ2n) is 12.0. The van der Waals surface area contributed by atoms with E-state index in [9.17, 15) is 0 Å². The molecule has 2 aromatic heterocycles. The van der Waals surface area contributed by atoms with Crippen LogP contribution in [0.4, 0.5) is 0 Å². The number of fused-ring (bicyclic) bond motifs is 3. The molecule has 0 amide bonds. The monoisotopic (exact) mass is 603 g/mol. The number of rotatable bonds is 5. The average molecular weight is 604 g/mol. The van der Waals surface area contributed by atoms with E-state index in [0.717, 1.165) is 33.8 Å². The quantitative estimate of drug-likeness (QED) is 0.142. The van der Waals surface area contributed by atoms with Crippen LogP contribution in [0.1, 0.15) is 0 Å². The minimum Gasteiger partial charge on any atom is -0.292 e. The molecule has 7 aromatic carbocycles. The predicted octanol–water partition coefficient (Wildman–Crippen LogP) is 9.95. The van der Waals surface area contributed by atoms with Gasteiger partial charge in [0, 0.05) is 11.3 Å². The normalized spacial score (nSPS) is 11.5. The summed E-state index contributed by atoms with van der Waals surface area (Å²) in [7, 11) is 2.04. The number of benzene rings is 7. The molecule has 2 heterocycles. The maximum atomic E-state index is 5.09. The van der Waals surface area contributed by atoms with E-state index in [-0.39, 0.29) is 0 Å². The van der Waals surface area contributed by atoms with E-state index < -0.39 is 0 Å². The Morgan fingerprint density at radius 3 is 1.57 bits per heavy atom. The highest BCUT2D eigenvalue weighted by Crippen LogP contribution is 2.44. The molecule has 0 saturated heterocycles. The third-order valence-electron chi connectivity index (χ3n) is 9.16. The summed E-state index contributed by atoms with van der Waals surface area (Å²) < 4.78 is 6.45. The van der Waals surface area contributed by atoms with Crippen LogP contribution in [-0.2, 0) is 7.05 Å². The lowest BCUT2D eigenvalue weighted by molar-refractivity contribution is -0.670. The van der Waals surface area contributed by atoms with Crippen LogP contribution in [0.2, 0.25) is 0 Å². The van der Waals surface area contributed by atoms with Crippen LogP contribution in [0.3, 0.4) is 0 Å². The van der Waals surface area contributed by atoms with Gasteiger partial charge in [0.15, 0.2) is 0 Å². The van der Waals surface area contributed by atoms with Crippen molar-refractivity contribution in [1.29, 1.82) is 0 Å². The third-order valence-corrected chi connectivity index (χ3v) is 9.16. The molecule has 0 unspecified atom stereocenters. The van der Waals surface area contributed by atoms with E-state index in [1.165, 1.54) is 43.8 Å². The Morgan fingerprint density at radius 2 is 1.00 bits per heavy atom. The number of hydrogen-bond acceptors (Lipinski definition) is 1. The van der Waals surface area contributed by atoms with Crippen LogP contribution in [0.15, 0.2) is 170 Å². The SMILES string of the molecule is C[n+]1ccn(-c2ccc(-c3c4ccccc4c(-c4ccc(-c5nc6ccccc6n5-c5ccccc5)cc4)c4ccccc34)cc2)c1. The molecular weight excluding hydrogens is 573 g/mol. The predicted molar refractivity (Wildman–Crippen MR) is 193 cm³/mol. The summed E-state index contributed by atoms with van der Waals surface area (Å²) in [6.07, 6.45) is 6.22. The largest absolute Gasteiger partial charge is 0.292 e. The Kier molecular flexibility index (Phi) is 6.32. The van der Waals surface area contributed by atoms with Crippen molar-refractivity contribution in [2.45, 2.75) is 0 Å². The van der Waals surface area contributed by atoms with E-state index in [0.29, 0.717) is 0 Å². The molecule has 0 atom stereocenters. The minimum atomic E-state index is 0.936. The lowest BCUT2D eigenvalue weighted by Gasteiger charge is -2.18. The van der Waals surface area contributed by atoms with Gasteiger partial charge in [0.25, 0.3) is 0 Å². The number of para-hydroxylation sites is 3. The van der Waals surface area contributed by atoms with E-state index in [1.54, 1.807) is 0 Å². The van der Waals surface area contributed by atoms with Gasteiger partial charge in [0.2, 0.25) is 6.33 Å². The highest BCUT2D eigenvalue weighted by molar-refractivity contribution is 6.21. The Morgan fingerprint density at radius 1 is 0.489 bits per heavy atom. The van der Waals surface area contributed by atoms with Gasteiger partial charge < -0.3 is 0 Å². The first-order valence-corrected chi connectivity index (χ1v) is 15.9. The zero-order valence-electron chi connectivity index (χ0n) is 26.0. The van der Waals surface area contributed by atoms with Gasteiger partial charge in [-0.15, -0.1) is 0 Å². The molecule has 0 spiro atoms. The maximum absolute atomic E-state index is 5.09. The van der Waals surface area contributed by atoms with Crippen LogP contribution in [0.25, 0.3) is 77.6 Å². The molecule has 9 aromatic rings. The second kappa shape index (κ2) is 11.0. The number of hydrogen-bond donors (Lipinski definition) is 0. The van der Waals surface area contributed by atoms with Gasteiger partial charge in [0.05, 0.1) is 18.1 Å². The van der Waals surface area contributed by atoms with Crippen LogP contribution in [0.5, 0.6) is 0 Å². The number of imidazole rings is 2. The molecular formula is C43H31N4+. The van der Waals surface area contributed by atoms with E-state index >= 15 is 0 Å². The van der Waals surface area contributed by atoms with Crippen LogP contribution in [-0.4, -0.2) is 14.1 Å². The van der Waals surface area contributed by atoms with Crippen molar-refractivity contribution < 1.29 is 4.57 Å². The Bertz CT molecular complexity index is 2500. The van der Waals surface area contributed by atoms with Gasteiger partial charge >= 0.3 is 0 Å². The molecule has 222 valence electrons. The standard InChI is InChI=1S/C43H31N4/c1-45-27-28-46(29-45)33-25-23-31(24-26-33)42-37-15-7-5-13-35(37)41(36-14-6-8-16-38(36)42)30-19-21-32(22-20-30)43-44-39-17-9-10-18-40(39)47(43)34-11-3-2-4-12-34/h2-29H,1H3/q+1. The van der Waals surface area contributed by atoms with Gasteiger partial charge in [0.1, 0.15) is 23.9 Å². The average Bonchev–Trinajstić information content (AvgIpc) is 3.75. The molecule has 0 aliphatic rings. The molecule has 4 nitrogen and oxygen atoms in total. The summed E-state index contributed by atoms with van der Waals surface area (Å²) in [4.78, 5) is 5.09. The van der Waals surface area contributed by atoms with Crippen molar-refractivity contribution in [1.82, 2.24) is 14.1 Å². The van der Waals surface area contributed by atoms with Gasteiger partial charge in [-0.2, -0.15) is 0 Å². The molecule has 0 saturated carbocycles. The van der Waals surface area contributed by atoms with Crippen LogP contribution < -0.4 is 4.57 Å². The fraction of sp³-hybridized carbons (Fsp3) is 0.0233. The van der Waals surface area contributed by atoms with Crippen molar-refractivity contribution >= 4 is 32.6 Å². The summed E-state index contributed by atoms with van der Waals surface area (Å²) >= 11 is 0. The molecule has 0 fully saturated rings. The van der Waals surface area contributed by atoms with Crippen LogP contribution in [0, 0.1) is 0 Å². The van der Waals surface area contributed by atoms with Crippen molar-refractivity contribution in [2.24, 2.45) is 7.05 Å². The van der Waals surface area contributed by atoms with E-state index in [2.05, 4.69) is 178 Å². The number of nitrogens with zero attached hydrogens (tertiary/aromatic N) is 4. The molecule has 0 radical (unpaired) electrons. The Hall–Kier alpha value is -6.26. The maximum Gasteiger partial charge on any atom is 0.248 e. The van der Waals surface area contributed by atoms with Gasteiger partial charge in [-0.25, -0.2) is 14.1 Å². The minimum absolute atomic E-state index is 0.936. The summed E-state index contributed by atoms with van der Waals surface area (Å²) in [5.74, 6) is 0.936. The van der Waals surface area contributed by atoms with E-state index in [1.807, 2.05) is 13.1 Å². The van der Waals surface area contributed by atoms with Crippen molar-refractivity contribution in [2.75, 3.05) is 0 Å². The van der Waals surface area contributed by atoms with Gasteiger partial charge in [-0.1, -0.05) is 115 Å². The lowest BCUT2D eigenvalue weighted by Crippen LogP contribution is -2.23. The van der Waals surface area contributed by atoms with Crippen molar-refractivity contribution in [3.05, 3.63) is 170 Å². The fourth-order valence-electron chi connectivity index (χ4n) is 7.00. The van der Waals surface area contributed by atoms with Crippen LogP contribution >= 0.6 is 0 Å². The molecule has 47 heavy (non-hydrogen) atoms. The molecule has 4 heteroatoms. The summed E-state index contributed by atoms with van der Waals surface area (Å²) in [6.45, 7) is 0. The van der Waals surface area contributed by atoms with Crippen molar-refractivity contribution in [3.63, 3.8) is 0 Å². The molecule has 9 rings (SSSR count). The molecule has 0 aliphatic carbocycles. The Balaban J connectivity index is 1.20. The number of aromatic nitrogens is 4. The van der Waals surface area contributed by atoms with Gasteiger partial charge in [-0.05, 0) is 80.2 Å². The highest BCUT2D eigenvalue weighted by atomic mass is 15.1. The summed E-state index contributed by atoms with van der Waals surface area (Å²) in [5.41, 5.74) is 10.3. The van der Waals surface area contributed by atoms with Crippen molar-refractivity contribution in [3.8, 4) is 45.0 Å². The number of aryl methyl sites for hydroxylation is 1. The molecule has 0 N–H and O–H groups in total. The first-order valence-electron chi connectivity index (χ1n) is 15.9. The highest BCUT2D eigenvalue weighted by Gasteiger charge is 2.18. The summed E-state index contributed by atoms with van der Waals surface area (Å²) in [5, 5.41) is 4.98. The summed E-state index contributed by atoms with van der Waals surface area (Å²) in [6, 6.07) is 54.3. The van der Waals surface area contributed by atoms with Gasteiger partial charge in [-0.3, -0.25) is 4.57 Å². The first-order chi connectivity index (χ1) is 23.2. The molecule has 0 aliphatic heterocycles. The fourth-order valence-corrected chi connectivity index (χ4v) is 7.00. The Labute approximate surface area is 273 Å². The smallest absolute Gasteiger partial charge is 0.248 e. The first kappa shape index (κ1) is 27.1. The lowest BCUT2D eigenvalue weighted by atomic mass is 9.86. The second-order valence-corrected chi connectivity index (χ2v) is 12.0. The molecule has 0 bridgehead atoms. The third kappa shape index (κ3) is 4.53. The zero-order chi connectivity index (χ0) is 31.3. The van der Waals surface area contributed by atoms with E-state index in [4.69, 9.17) is 4.98 Å². The topological polar surface area (TPSA) is 26.6 Å². The zero-order valence-corrected chi connectivity index (χ0v) is 26.0.